The highest BCUT2D eigenvalue weighted by molar-refractivity contribution is 6.30. The summed E-state index contributed by atoms with van der Waals surface area (Å²) in [4.78, 5) is 0. The smallest absolute Gasteiger partial charge is 0.130 e. The minimum atomic E-state index is 0.308. The number of rotatable bonds is 3. The van der Waals surface area contributed by atoms with E-state index < -0.39 is 0 Å². The number of nitrogens with zero attached hydrogens (tertiary/aromatic N) is 2. The van der Waals surface area contributed by atoms with Crippen molar-refractivity contribution in [3.8, 4) is 5.75 Å². The van der Waals surface area contributed by atoms with Crippen molar-refractivity contribution in [1.82, 2.24) is 0 Å². The van der Waals surface area contributed by atoms with Crippen LogP contribution in [0.15, 0.2) is 47.6 Å². The van der Waals surface area contributed by atoms with Gasteiger partial charge in [-0.25, -0.2) is 0 Å². The molecule has 0 fully saturated rings. The van der Waals surface area contributed by atoms with Crippen LogP contribution in [0.5, 0.6) is 5.75 Å². The lowest BCUT2D eigenvalue weighted by atomic mass is 9.95. The summed E-state index contributed by atoms with van der Waals surface area (Å²) in [5.41, 5.74) is 4.35. The van der Waals surface area contributed by atoms with Crippen LogP contribution in [0.4, 0.5) is 11.4 Å². The second-order valence-corrected chi connectivity index (χ2v) is 6.23. The van der Waals surface area contributed by atoms with Crippen LogP contribution in [-0.4, -0.2) is 25.4 Å². The van der Waals surface area contributed by atoms with Gasteiger partial charge in [-0.1, -0.05) is 11.6 Å². The van der Waals surface area contributed by atoms with E-state index in [9.17, 15) is 0 Å². The van der Waals surface area contributed by atoms with Gasteiger partial charge in [-0.3, -0.25) is 5.01 Å². The molecule has 1 unspecified atom stereocenters. The van der Waals surface area contributed by atoms with E-state index in [1.165, 1.54) is 0 Å². The third-order valence-corrected chi connectivity index (χ3v) is 4.46. The summed E-state index contributed by atoms with van der Waals surface area (Å²) >= 11 is 5.97. The number of benzene rings is 2. The zero-order valence-corrected chi connectivity index (χ0v) is 13.7. The van der Waals surface area contributed by atoms with Gasteiger partial charge in [-0.2, -0.15) is 5.10 Å². The van der Waals surface area contributed by atoms with Crippen LogP contribution in [0.25, 0.3) is 0 Å². The van der Waals surface area contributed by atoms with Crippen molar-refractivity contribution in [3.63, 3.8) is 0 Å². The highest BCUT2D eigenvalue weighted by Gasteiger charge is 2.34. The lowest BCUT2D eigenvalue weighted by Crippen LogP contribution is -2.29. The highest BCUT2D eigenvalue weighted by atomic mass is 35.5. The third kappa shape index (κ3) is 2.63. The maximum Gasteiger partial charge on any atom is 0.130 e. The number of nitrogens with one attached hydrogen (secondary N) is 1. The number of hydrogen-bond donors (Lipinski definition) is 1. The van der Waals surface area contributed by atoms with Crippen LogP contribution >= 0.6 is 11.6 Å². The van der Waals surface area contributed by atoms with Crippen LogP contribution < -0.4 is 15.1 Å². The van der Waals surface area contributed by atoms with Crippen molar-refractivity contribution in [3.05, 3.63) is 53.1 Å². The molecule has 1 atom stereocenters. The predicted molar refractivity (Wildman–Crippen MR) is 94.9 cm³/mol. The average Bonchev–Trinajstić information content (AvgIpc) is 3.00. The molecule has 2 aromatic rings. The van der Waals surface area contributed by atoms with Crippen LogP contribution in [-0.2, 0) is 0 Å². The fraction of sp³-hybridized carbons (Fsp3) is 0.278. The lowest BCUT2D eigenvalue weighted by Gasteiger charge is -2.23. The Hall–Kier alpha value is -2.20. The first-order valence-electron chi connectivity index (χ1n) is 7.87. The van der Waals surface area contributed by atoms with Crippen molar-refractivity contribution in [2.24, 2.45) is 11.0 Å². The molecule has 0 aromatic heterocycles. The average molecular weight is 328 g/mol. The van der Waals surface area contributed by atoms with Gasteiger partial charge >= 0.3 is 0 Å². The summed E-state index contributed by atoms with van der Waals surface area (Å²) in [6, 6.07) is 14.0. The van der Waals surface area contributed by atoms with E-state index in [1.807, 2.05) is 29.3 Å². The quantitative estimate of drug-likeness (QED) is 0.925. The molecule has 0 saturated carbocycles. The van der Waals surface area contributed by atoms with E-state index in [0.717, 1.165) is 46.5 Å². The Morgan fingerprint density at radius 1 is 1.26 bits per heavy atom. The Balaban J connectivity index is 1.66. The maximum atomic E-state index is 5.97. The lowest BCUT2D eigenvalue weighted by molar-refractivity contribution is 0.280. The van der Waals surface area contributed by atoms with E-state index in [4.69, 9.17) is 21.4 Å². The SMILES string of the molecule is CCNc1ccc2c(c1)OCC1CN(c3ccc(Cl)cc3)N=C21. The van der Waals surface area contributed by atoms with Crippen molar-refractivity contribution in [2.45, 2.75) is 6.92 Å². The van der Waals surface area contributed by atoms with E-state index in [1.54, 1.807) is 0 Å². The van der Waals surface area contributed by atoms with E-state index in [-0.39, 0.29) is 0 Å². The molecule has 0 amide bonds. The van der Waals surface area contributed by atoms with Crippen LogP contribution in [0, 0.1) is 5.92 Å². The van der Waals surface area contributed by atoms with Gasteiger partial charge in [0.25, 0.3) is 0 Å². The number of hydrogen-bond acceptors (Lipinski definition) is 4. The van der Waals surface area contributed by atoms with Crippen LogP contribution in [0.2, 0.25) is 5.02 Å². The van der Waals surface area contributed by atoms with Crippen molar-refractivity contribution in [1.29, 1.82) is 0 Å². The molecule has 0 aliphatic carbocycles. The van der Waals surface area contributed by atoms with Gasteiger partial charge < -0.3 is 10.1 Å². The molecule has 2 aliphatic heterocycles. The molecule has 0 bridgehead atoms. The Bertz CT molecular complexity index is 757. The first-order valence-corrected chi connectivity index (χ1v) is 8.25. The number of hydrazone groups is 1. The Kier molecular flexibility index (Phi) is 3.62. The standard InChI is InChI=1S/C18H18ClN3O/c1-2-20-14-5-8-16-17(9-14)23-11-12-10-22(21-18(12)16)15-6-3-13(19)4-7-15/h3-9,12,20H,2,10-11H2,1H3. The van der Waals surface area contributed by atoms with E-state index >= 15 is 0 Å². The molecule has 2 aromatic carbocycles. The molecule has 2 aliphatic rings. The van der Waals surface area contributed by atoms with Gasteiger partial charge in [-0.05, 0) is 43.3 Å². The third-order valence-electron chi connectivity index (χ3n) is 4.21. The van der Waals surface area contributed by atoms with Gasteiger partial charge in [0.15, 0.2) is 0 Å². The number of fused-ring (bicyclic) bond motifs is 3. The zero-order valence-electron chi connectivity index (χ0n) is 12.9. The number of anilines is 2. The topological polar surface area (TPSA) is 36.9 Å². The monoisotopic (exact) mass is 327 g/mol. The molecule has 0 radical (unpaired) electrons. The normalized spacial score (nSPS) is 18.8. The summed E-state index contributed by atoms with van der Waals surface area (Å²) in [6.07, 6.45) is 0. The van der Waals surface area contributed by atoms with E-state index in [0.29, 0.717) is 12.5 Å². The molecule has 118 valence electrons. The van der Waals surface area contributed by atoms with Crippen molar-refractivity contribution >= 4 is 28.7 Å². The van der Waals surface area contributed by atoms with Crippen molar-refractivity contribution < 1.29 is 4.74 Å². The first-order chi connectivity index (χ1) is 11.2. The molecular weight excluding hydrogens is 310 g/mol. The highest BCUT2D eigenvalue weighted by Crippen LogP contribution is 2.35. The molecule has 2 heterocycles. The van der Waals surface area contributed by atoms with Gasteiger partial charge in [0.1, 0.15) is 5.75 Å². The molecule has 23 heavy (non-hydrogen) atoms. The Morgan fingerprint density at radius 3 is 2.87 bits per heavy atom. The number of halogens is 1. The van der Waals surface area contributed by atoms with Gasteiger partial charge in [0.2, 0.25) is 0 Å². The fourth-order valence-electron chi connectivity index (χ4n) is 3.09. The second kappa shape index (κ2) is 5.78. The van der Waals surface area contributed by atoms with Crippen LogP contribution in [0.3, 0.4) is 0 Å². The Morgan fingerprint density at radius 2 is 2.09 bits per heavy atom. The zero-order chi connectivity index (χ0) is 15.8. The summed E-state index contributed by atoms with van der Waals surface area (Å²) in [5, 5.41) is 10.9. The molecule has 4 nitrogen and oxygen atoms in total. The van der Waals surface area contributed by atoms with Gasteiger partial charge in [0.05, 0.1) is 30.5 Å². The maximum absolute atomic E-state index is 5.97. The van der Waals surface area contributed by atoms with Gasteiger partial charge in [-0.15, -0.1) is 0 Å². The molecule has 5 heteroatoms. The molecule has 0 spiro atoms. The summed E-state index contributed by atoms with van der Waals surface area (Å²) in [6.45, 7) is 4.49. The minimum Gasteiger partial charge on any atom is -0.492 e. The van der Waals surface area contributed by atoms with Gasteiger partial charge in [0, 0.05) is 28.9 Å². The summed E-state index contributed by atoms with van der Waals surface area (Å²) < 4.78 is 5.96. The van der Waals surface area contributed by atoms with E-state index in [2.05, 4.69) is 30.4 Å². The Labute approximate surface area is 140 Å². The summed E-state index contributed by atoms with van der Waals surface area (Å²) in [7, 11) is 0. The largest absolute Gasteiger partial charge is 0.492 e. The second-order valence-electron chi connectivity index (χ2n) is 5.79. The van der Waals surface area contributed by atoms with Crippen LogP contribution in [0.1, 0.15) is 12.5 Å². The minimum absolute atomic E-state index is 0.308. The number of ether oxygens (including phenoxy) is 1. The molecule has 0 saturated heterocycles. The molecule has 1 N–H and O–H groups in total. The van der Waals surface area contributed by atoms with Crippen molar-refractivity contribution in [2.75, 3.05) is 30.0 Å². The molecular formula is C18H18ClN3O. The molecule has 4 rings (SSSR count). The first kappa shape index (κ1) is 14.4. The fourth-order valence-corrected chi connectivity index (χ4v) is 3.21. The predicted octanol–water partition coefficient (Wildman–Crippen LogP) is 4.00. The summed E-state index contributed by atoms with van der Waals surface area (Å²) in [5.74, 6) is 1.22.